The molecule has 4 aromatic rings. The van der Waals surface area contributed by atoms with Crippen molar-refractivity contribution in [1.82, 2.24) is 4.98 Å². The summed E-state index contributed by atoms with van der Waals surface area (Å²) in [5.74, 6) is 0. The van der Waals surface area contributed by atoms with Crippen LogP contribution in [0.2, 0.25) is 0 Å². The molecule has 1 aromatic heterocycles. The van der Waals surface area contributed by atoms with E-state index in [0.29, 0.717) is 0 Å². The zero-order chi connectivity index (χ0) is 15.6. The summed E-state index contributed by atoms with van der Waals surface area (Å²) in [7, 11) is 0. The van der Waals surface area contributed by atoms with E-state index >= 15 is 0 Å². The molecule has 0 saturated carbocycles. The van der Waals surface area contributed by atoms with Crippen LogP contribution in [0.1, 0.15) is 5.56 Å². The Morgan fingerprint density at radius 1 is 0.875 bits per heavy atom. The average molecular weight is 487 g/mol. The minimum absolute atomic E-state index is 0. The van der Waals surface area contributed by atoms with Crippen LogP contribution >= 0.6 is 0 Å². The van der Waals surface area contributed by atoms with Crippen molar-refractivity contribution in [3.63, 3.8) is 0 Å². The van der Waals surface area contributed by atoms with Crippen molar-refractivity contribution in [2.45, 2.75) is 6.92 Å². The third kappa shape index (κ3) is 3.03. The number of benzene rings is 3. The van der Waals surface area contributed by atoms with Crippen LogP contribution in [0.15, 0.2) is 79.0 Å². The Balaban J connectivity index is 0.00000169. The molecular weight excluding hydrogens is 470 g/mol. The molecule has 0 bridgehead atoms. The van der Waals surface area contributed by atoms with Gasteiger partial charge in [-0.15, -0.1) is 29.3 Å². The number of hydrogen-bond donors (Lipinski definition) is 0. The van der Waals surface area contributed by atoms with Gasteiger partial charge >= 0.3 is 0 Å². The molecule has 1 heterocycles. The van der Waals surface area contributed by atoms with Crippen molar-refractivity contribution in [3.8, 4) is 22.4 Å². The molecule has 2 heteroatoms. The van der Waals surface area contributed by atoms with Crippen LogP contribution in [-0.2, 0) is 20.1 Å². The van der Waals surface area contributed by atoms with Crippen molar-refractivity contribution in [3.05, 3.63) is 90.6 Å². The maximum atomic E-state index is 4.59. The van der Waals surface area contributed by atoms with Crippen LogP contribution in [0, 0.1) is 13.0 Å². The number of fused-ring (bicyclic) bond motifs is 1. The van der Waals surface area contributed by atoms with Crippen molar-refractivity contribution >= 4 is 10.8 Å². The molecule has 0 amide bonds. The molecule has 4 rings (SSSR count). The molecule has 0 spiro atoms. The molecule has 1 radical (unpaired) electrons. The zero-order valence-corrected chi connectivity index (χ0v) is 15.7. The van der Waals surface area contributed by atoms with E-state index in [4.69, 9.17) is 0 Å². The molecule has 0 atom stereocenters. The molecule has 0 N–H and O–H groups in total. The first-order valence-corrected chi connectivity index (χ1v) is 7.75. The molecule has 0 fully saturated rings. The first-order chi connectivity index (χ1) is 11.3. The van der Waals surface area contributed by atoms with E-state index in [1.807, 2.05) is 18.3 Å². The largest absolute Gasteiger partial charge is 0.304 e. The maximum absolute atomic E-state index is 4.59. The van der Waals surface area contributed by atoms with E-state index in [1.54, 1.807) is 0 Å². The third-order valence-corrected chi connectivity index (χ3v) is 4.17. The van der Waals surface area contributed by atoms with Gasteiger partial charge in [0.2, 0.25) is 0 Å². The van der Waals surface area contributed by atoms with Crippen molar-refractivity contribution < 1.29 is 20.1 Å². The molecule has 0 aliphatic carbocycles. The minimum Gasteiger partial charge on any atom is -0.304 e. The zero-order valence-electron chi connectivity index (χ0n) is 13.3. The fourth-order valence-electron chi connectivity index (χ4n) is 3.00. The molecule has 0 unspecified atom stereocenters. The first-order valence-electron chi connectivity index (χ1n) is 7.75. The van der Waals surface area contributed by atoms with Crippen LogP contribution in [-0.4, -0.2) is 4.98 Å². The van der Waals surface area contributed by atoms with Gasteiger partial charge in [-0.3, -0.25) is 0 Å². The molecule has 1 nitrogen and oxygen atoms in total. The third-order valence-electron chi connectivity index (χ3n) is 4.17. The second-order valence-corrected chi connectivity index (χ2v) is 5.69. The van der Waals surface area contributed by atoms with Gasteiger partial charge in [0.1, 0.15) is 0 Å². The van der Waals surface area contributed by atoms with E-state index in [0.717, 1.165) is 16.6 Å². The summed E-state index contributed by atoms with van der Waals surface area (Å²) in [6.45, 7) is 2.14. The van der Waals surface area contributed by atoms with Gasteiger partial charge in [-0.05, 0) is 22.5 Å². The SMILES string of the molecule is Cc1cc(-c2nccc3ccccc23)[c-]cc1-c1ccccc1.[Ir]. The van der Waals surface area contributed by atoms with E-state index in [-0.39, 0.29) is 20.1 Å². The maximum Gasteiger partial charge on any atom is 0.0167 e. The second kappa shape index (κ2) is 7.09. The van der Waals surface area contributed by atoms with Crippen molar-refractivity contribution in [2.24, 2.45) is 0 Å². The van der Waals surface area contributed by atoms with Gasteiger partial charge < -0.3 is 4.98 Å². The summed E-state index contributed by atoms with van der Waals surface area (Å²) in [6.07, 6.45) is 1.87. The fourth-order valence-corrected chi connectivity index (χ4v) is 3.00. The predicted octanol–water partition coefficient (Wildman–Crippen LogP) is 5.67. The monoisotopic (exact) mass is 487 g/mol. The first kappa shape index (κ1) is 16.6. The smallest absolute Gasteiger partial charge is 0.0167 e. The van der Waals surface area contributed by atoms with Gasteiger partial charge in [0.15, 0.2) is 0 Å². The minimum atomic E-state index is 0. The summed E-state index contributed by atoms with van der Waals surface area (Å²) in [6, 6.07) is 28.5. The standard InChI is InChI=1S/C22H16N.Ir/c1-16-15-19(11-12-20(16)17-7-3-2-4-8-17)22-21-10-6-5-9-18(21)13-14-23-22;/h2-10,12-15H,1H3;/q-1;. The quantitative estimate of drug-likeness (QED) is 0.333. The van der Waals surface area contributed by atoms with Gasteiger partial charge in [-0.2, -0.15) is 0 Å². The van der Waals surface area contributed by atoms with Crippen molar-refractivity contribution in [1.29, 1.82) is 0 Å². The van der Waals surface area contributed by atoms with Gasteiger partial charge in [0, 0.05) is 26.3 Å². The predicted molar refractivity (Wildman–Crippen MR) is 96.2 cm³/mol. The summed E-state index contributed by atoms with van der Waals surface area (Å²) in [4.78, 5) is 4.59. The number of pyridine rings is 1. The Kier molecular flexibility index (Phi) is 4.89. The normalized spacial score (nSPS) is 10.4. The van der Waals surface area contributed by atoms with E-state index in [9.17, 15) is 0 Å². The number of nitrogens with zero attached hydrogens (tertiary/aromatic N) is 1. The van der Waals surface area contributed by atoms with Crippen LogP contribution < -0.4 is 0 Å². The molecule has 3 aromatic carbocycles. The Labute approximate surface area is 155 Å². The molecule has 24 heavy (non-hydrogen) atoms. The van der Waals surface area contributed by atoms with Crippen LogP contribution in [0.4, 0.5) is 0 Å². The van der Waals surface area contributed by atoms with Crippen LogP contribution in [0.25, 0.3) is 33.2 Å². The van der Waals surface area contributed by atoms with Gasteiger partial charge in [0.05, 0.1) is 0 Å². The molecular formula is C22H16IrN-. The van der Waals surface area contributed by atoms with E-state index in [2.05, 4.69) is 78.6 Å². The van der Waals surface area contributed by atoms with Crippen molar-refractivity contribution in [2.75, 3.05) is 0 Å². The molecule has 0 saturated heterocycles. The van der Waals surface area contributed by atoms with Crippen LogP contribution in [0.3, 0.4) is 0 Å². The van der Waals surface area contributed by atoms with Gasteiger partial charge in [-0.1, -0.05) is 72.6 Å². The number of rotatable bonds is 2. The Morgan fingerprint density at radius 2 is 1.62 bits per heavy atom. The molecule has 119 valence electrons. The summed E-state index contributed by atoms with van der Waals surface area (Å²) >= 11 is 0. The van der Waals surface area contributed by atoms with Crippen LogP contribution in [0.5, 0.6) is 0 Å². The fraction of sp³-hybridized carbons (Fsp3) is 0.0455. The Bertz CT molecular complexity index is 972. The van der Waals surface area contributed by atoms with Gasteiger partial charge in [0.25, 0.3) is 0 Å². The molecule has 0 aliphatic rings. The topological polar surface area (TPSA) is 12.9 Å². The Hall–Kier alpha value is -2.28. The summed E-state index contributed by atoms with van der Waals surface area (Å²) in [5.41, 5.74) is 5.71. The van der Waals surface area contributed by atoms with Gasteiger partial charge in [-0.25, -0.2) is 0 Å². The summed E-state index contributed by atoms with van der Waals surface area (Å²) < 4.78 is 0. The number of hydrogen-bond acceptors (Lipinski definition) is 1. The van der Waals surface area contributed by atoms with E-state index < -0.39 is 0 Å². The second-order valence-electron chi connectivity index (χ2n) is 5.69. The number of aryl methyl sites for hydroxylation is 1. The summed E-state index contributed by atoms with van der Waals surface area (Å²) in [5, 5.41) is 2.37. The average Bonchev–Trinajstić information content (AvgIpc) is 2.62. The Morgan fingerprint density at radius 3 is 2.42 bits per heavy atom. The molecule has 0 aliphatic heterocycles. The van der Waals surface area contributed by atoms with E-state index in [1.165, 1.54) is 22.1 Å². The number of aromatic nitrogens is 1.